The van der Waals surface area contributed by atoms with Gasteiger partial charge in [0.25, 0.3) is 0 Å². The van der Waals surface area contributed by atoms with E-state index in [4.69, 9.17) is 4.98 Å². The van der Waals surface area contributed by atoms with E-state index in [-0.39, 0.29) is 5.82 Å². The van der Waals surface area contributed by atoms with E-state index in [1.54, 1.807) is 12.1 Å². The molecule has 0 fully saturated rings. The Balaban J connectivity index is 1.56. The summed E-state index contributed by atoms with van der Waals surface area (Å²) in [5.41, 5.74) is 7.70. The molecule has 0 bridgehead atoms. The van der Waals surface area contributed by atoms with E-state index >= 15 is 0 Å². The van der Waals surface area contributed by atoms with Crippen LogP contribution in [0.4, 0.5) is 4.39 Å². The lowest BCUT2D eigenvalue weighted by atomic mass is 10.0. The van der Waals surface area contributed by atoms with Crippen molar-refractivity contribution in [3.8, 4) is 22.4 Å². The van der Waals surface area contributed by atoms with Gasteiger partial charge >= 0.3 is 0 Å². The number of para-hydroxylation sites is 1. The Hall–Kier alpha value is -4.24. The van der Waals surface area contributed by atoms with Gasteiger partial charge in [-0.15, -0.1) is 0 Å². The Morgan fingerprint density at radius 3 is 2.12 bits per heavy atom. The summed E-state index contributed by atoms with van der Waals surface area (Å²) < 4.78 is 15.8. The number of halogens is 1. The maximum absolute atomic E-state index is 13.4. The van der Waals surface area contributed by atoms with Crippen LogP contribution in [-0.2, 0) is 0 Å². The molecule has 0 unspecified atom stereocenters. The van der Waals surface area contributed by atoms with Gasteiger partial charge in [0.05, 0.1) is 22.2 Å². The van der Waals surface area contributed by atoms with Crippen molar-refractivity contribution in [2.24, 2.45) is 0 Å². The minimum atomic E-state index is -0.241. The molecule has 2 nitrogen and oxygen atoms in total. The summed E-state index contributed by atoms with van der Waals surface area (Å²) in [5.74, 6) is -0.241. The van der Waals surface area contributed by atoms with Gasteiger partial charge in [0.15, 0.2) is 0 Å². The van der Waals surface area contributed by atoms with Crippen molar-refractivity contribution in [1.29, 1.82) is 0 Å². The lowest BCUT2D eigenvalue weighted by molar-refractivity contribution is 0.628. The molecule has 0 aliphatic rings. The number of hydrogen-bond acceptors (Lipinski definition) is 1. The smallest absolute Gasteiger partial charge is 0.123 e. The number of hydrogen-bond donors (Lipinski definition) is 0. The monoisotopic (exact) mass is 412 g/mol. The van der Waals surface area contributed by atoms with E-state index in [2.05, 4.69) is 71.1 Å². The van der Waals surface area contributed by atoms with Gasteiger partial charge in [-0.3, -0.25) is 4.98 Å². The van der Waals surface area contributed by atoms with Gasteiger partial charge in [-0.25, -0.2) is 4.39 Å². The molecule has 0 aliphatic heterocycles. The van der Waals surface area contributed by atoms with Crippen LogP contribution in [0.2, 0.25) is 0 Å². The lowest BCUT2D eigenvalue weighted by Gasteiger charge is -2.04. The fraction of sp³-hybridized carbons (Fsp3) is 0. The Morgan fingerprint density at radius 1 is 0.562 bits per heavy atom. The summed E-state index contributed by atoms with van der Waals surface area (Å²) >= 11 is 0. The highest BCUT2D eigenvalue weighted by molar-refractivity contribution is 6.23. The van der Waals surface area contributed by atoms with Crippen LogP contribution in [0.25, 0.3) is 60.5 Å². The highest BCUT2D eigenvalue weighted by atomic mass is 19.1. The lowest BCUT2D eigenvalue weighted by Crippen LogP contribution is -1.87. The average Bonchev–Trinajstić information content (AvgIpc) is 3.36. The largest absolute Gasteiger partial charge is 0.308 e. The maximum atomic E-state index is 13.4. The molecule has 3 aromatic heterocycles. The summed E-state index contributed by atoms with van der Waals surface area (Å²) in [7, 11) is 0. The highest BCUT2D eigenvalue weighted by Crippen LogP contribution is 2.40. The average molecular weight is 412 g/mol. The van der Waals surface area contributed by atoms with E-state index in [0.717, 1.165) is 22.2 Å². The quantitative estimate of drug-likeness (QED) is 0.284. The minimum absolute atomic E-state index is 0.241. The number of rotatable bonds is 2. The van der Waals surface area contributed by atoms with Crippen molar-refractivity contribution in [2.45, 2.75) is 0 Å². The van der Waals surface area contributed by atoms with Crippen LogP contribution >= 0.6 is 0 Å². The molecule has 0 N–H and O–H groups in total. The zero-order chi connectivity index (χ0) is 21.2. The van der Waals surface area contributed by atoms with E-state index in [1.165, 1.54) is 50.5 Å². The first-order valence-corrected chi connectivity index (χ1v) is 10.7. The molecule has 0 aliphatic carbocycles. The van der Waals surface area contributed by atoms with Gasteiger partial charge in [-0.05, 0) is 53.6 Å². The van der Waals surface area contributed by atoms with Gasteiger partial charge < -0.3 is 4.40 Å². The second-order valence-electron chi connectivity index (χ2n) is 8.23. The fourth-order valence-electron chi connectivity index (χ4n) is 4.96. The zero-order valence-corrected chi connectivity index (χ0v) is 17.1. The molecule has 0 saturated carbocycles. The van der Waals surface area contributed by atoms with Crippen LogP contribution in [0.1, 0.15) is 0 Å². The van der Waals surface area contributed by atoms with Gasteiger partial charge in [0.2, 0.25) is 0 Å². The summed E-state index contributed by atoms with van der Waals surface area (Å²) in [5, 5.41) is 4.82. The van der Waals surface area contributed by atoms with Crippen molar-refractivity contribution in [3.05, 3.63) is 109 Å². The van der Waals surface area contributed by atoms with E-state index in [9.17, 15) is 4.39 Å². The molecule has 4 aromatic carbocycles. The Bertz CT molecular complexity index is 1760. The molecule has 0 radical (unpaired) electrons. The van der Waals surface area contributed by atoms with Crippen molar-refractivity contribution in [1.82, 2.24) is 9.38 Å². The first kappa shape index (κ1) is 17.4. The summed E-state index contributed by atoms with van der Waals surface area (Å²) in [6, 6.07) is 32.3. The third kappa shape index (κ3) is 2.36. The zero-order valence-electron chi connectivity index (χ0n) is 17.1. The Labute approximate surface area is 183 Å². The molecule has 7 aromatic rings. The molecule has 32 heavy (non-hydrogen) atoms. The Morgan fingerprint density at radius 2 is 1.31 bits per heavy atom. The first-order chi connectivity index (χ1) is 15.8. The molecule has 0 spiro atoms. The molecule has 7 rings (SSSR count). The number of nitrogens with zero attached hydrogens (tertiary/aromatic N) is 2. The van der Waals surface area contributed by atoms with Crippen molar-refractivity contribution >= 4 is 38.1 Å². The van der Waals surface area contributed by atoms with Crippen molar-refractivity contribution in [2.75, 3.05) is 0 Å². The molecule has 3 heterocycles. The highest BCUT2D eigenvalue weighted by Gasteiger charge is 2.18. The van der Waals surface area contributed by atoms with Crippen molar-refractivity contribution in [3.63, 3.8) is 0 Å². The molecule has 0 atom stereocenters. The van der Waals surface area contributed by atoms with Crippen LogP contribution in [-0.4, -0.2) is 9.38 Å². The summed E-state index contributed by atoms with van der Waals surface area (Å²) in [4.78, 5) is 4.70. The Kier molecular flexibility index (Phi) is 3.48. The van der Waals surface area contributed by atoms with Gasteiger partial charge in [0.1, 0.15) is 5.82 Å². The number of aromatic nitrogens is 2. The van der Waals surface area contributed by atoms with Crippen molar-refractivity contribution < 1.29 is 4.39 Å². The second kappa shape index (κ2) is 6.38. The third-order valence-electron chi connectivity index (χ3n) is 6.45. The van der Waals surface area contributed by atoms with Gasteiger partial charge in [-0.1, -0.05) is 54.6 Å². The predicted molar refractivity (Wildman–Crippen MR) is 130 cm³/mol. The predicted octanol–water partition coefficient (Wildman–Crippen LogP) is 7.70. The number of benzene rings is 4. The first-order valence-electron chi connectivity index (χ1n) is 10.7. The van der Waals surface area contributed by atoms with E-state index in [0.29, 0.717) is 0 Å². The number of fused-ring (bicyclic) bond motifs is 6. The van der Waals surface area contributed by atoms with Gasteiger partial charge in [-0.2, -0.15) is 0 Å². The molecular formula is C29H17FN2. The van der Waals surface area contributed by atoms with Crippen LogP contribution in [0.3, 0.4) is 0 Å². The standard InChI is InChI=1S/C29H17FN2/c30-21-12-9-19(10-13-21)26-16-28-25(17-31-26)23-8-4-7-22-24-15-20(18-5-2-1-3-6-18)11-14-27(24)32(28)29(22)23/h1-17H. The maximum Gasteiger partial charge on any atom is 0.123 e. The van der Waals surface area contributed by atoms with Crippen LogP contribution in [0, 0.1) is 5.82 Å². The molecule has 3 heteroatoms. The molecule has 150 valence electrons. The number of pyridine rings is 1. The molecule has 0 saturated heterocycles. The van der Waals surface area contributed by atoms with Crippen LogP contribution in [0.5, 0.6) is 0 Å². The minimum Gasteiger partial charge on any atom is -0.308 e. The third-order valence-corrected chi connectivity index (χ3v) is 6.45. The normalized spacial score (nSPS) is 11.9. The van der Waals surface area contributed by atoms with Gasteiger partial charge in [0, 0.05) is 33.3 Å². The topological polar surface area (TPSA) is 17.3 Å². The van der Waals surface area contributed by atoms with Crippen LogP contribution < -0.4 is 0 Å². The van der Waals surface area contributed by atoms with E-state index in [1.807, 2.05) is 12.3 Å². The SMILES string of the molecule is Fc1ccc(-c2cc3c(cn2)c2cccc4c5cc(-c6ccccc6)ccc5n3c42)cc1. The van der Waals surface area contributed by atoms with E-state index < -0.39 is 0 Å². The van der Waals surface area contributed by atoms with Crippen LogP contribution in [0.15, 0.2) is 103 Å². The summed E-state index contributed by atoms with van der Waals surface area (Å²) in [6.45, 7) is 0. The molecular weight excluding hydrogens is 395 g/mol. The second-order valence-corrected chi connectivity index (χ2v) is 8.23. The molecule has 0 amide bonds. The summed E-state index contributed by atoms with van der Waals surface area (Å²) in [6.07, 6.45) is 1.94. The fourth-order valence-corrected chi connectivity index (χ4v) is 4.96.